The van der Waals surface area contributed by atoms with Crippen LogP contribution in [0.25, 0.3) is 0 Å². The van der Waals surface area contributed by atoms with Gasteiger partial charge in [0.15, 0.2) is 0 Å². The zero-order valence-electron chi connectivity index (χ0n) is 7.16. The van der Waals surface area contributed by atoms with Gasteiger partial charge in [0, 0.05) is 13.5 Å². The Hall–Kier alpha value is -0.870. The molecular weight excluding hydrogens is 160 g/mol. The van der Waals surface area contributed by atoms with E-state index in [1.807, 2.05) is 0 Å². The molecule has 4 nitrogen and oxygen atoms in total. The number of ether oxygens (including phenoxy) is 2. The van der Waals surface area contributed by atoms with Crippen molar-refractivity contribution in [3.8, 4) is 0 Å². The molecule has 0 heterocycles. The van der Waals surface area contributed by atoms with Crippen LogP contribution < -0.4 is 0 Å². The van der Waals surface area contributed by atoms with E-state index < -0.39 is 5.97 Å². The molecule has 0 radical (unpaired) electrons. The molecule has 0 fully saturated rings. The molecule has 0 aliphatic rings. The number of carbonyl (C=O) groups is 1. The molecule has 0 amide bonds. The molecule has 0 spiro atoms. The van der Waals surface area contributed by atoms with E-state index in [1.165, 1.54) is 7.11 Å². The molecule has 0 saturated heterocycles. The fraction of sp³-hybridized carbons (Fsp3) is 0.625. The van der Waals surface area contributed by atoms with Crippen molar-refractivity contribution in [1.29, 1.82) is 0 Å². The van der Waals surface area contributed by atoms with Gasteiger partial charge in [-0.1, -0.05) is 6.08 Å². The number of aliphatic carboxylic acids is 1. The predicted octanol–water partition coefficient (Wildman–Crippen LogP) is 1.03. The van der Waals surface area contributed by atoms with Crippen molar-refractivity contribution in [2.45, 2.75) is 18.9 Å². The summed E-state index contributed by atoms with van der Waals surface area (Å²) in [6, 6.07) is 0. The predicted molar refractivity (Wildman–Crippen MR) is 43.8 cm³/mol. The van der Waals surface area contributed by atoms with E-state index in [0.717, 1.165) is 0 Å². The number of methoxy groups -OCH3 is 1. The van der Waals surface area contributed by atoms with Crippen molar-refractivity contribution in [2.75, 3.05) is 13.9 Å². The van der Waals surface area contributed by atoms with Crippen LogP contribution in [0.3, 0.4) is 0 Å². The van der Waals surface area contributed by atoms with Crippen molar-refractivity contribution in [3.05, 3.63) is 12.7 Å². The summed E-state index contributed by atoms with van der Waals surface area (Å²) in [5.74, 6) is -0.831. The second-order valence-electron chi connectivity index (χ2n) is 2.28. The SMILES string of the molecule is C=C[C@H](CCC(=O)O)OCOC. The highest BCUT2D eigenvalue weighted by Crippen LogP contribution is 2.03. The molecule has 0 rings (SSSR count). The van der Waals surface area contributed by atoms with E-state index in [2.05, 4.69) is 11.3 Å². The molecule has 0 aliphatic heterocycles. The Morgan fingerprint density at radius 2 is 2.42 bits per heavy atom. The highest BCUT2D eigenvalue weighted by atomic mass is 16.7. The molecule has 0 unspecified atom stereocenters. The van der Waals surface area contributed by atoms with E-state index in [-0.39, 0.29) is 19.3 Å². The molecule has 12 heavy (non-hydrogen) atoms. The lowest BCUT2D eigenvalue weighted by molar-refractivity contribution is -0.138. The van der Waals surface area contributed by atoms with Crippen LogP contribution in [0.1, 0.15) is 12.8 Å². The molecular formula is C8H14O4. The van der Waals surface area contributed by atoms with Crippen molar-refractivity contribution in [2.24, 2.45) is 0 Å². The molecule has 1 N–H and O–H groups in total. The Balaban J connectivity index is 3.52. The maximum absolute atomic E-state index is 10.2. The third-order valence-corrected chi connectivity index (χ3v) is 1.31. The fourth-order valence-electron chi connectivity index (χ4n) is 0.690. The van der Waals surface area contributed by atoms with Gasteiger partial charge in [0.25, 0.3) is 0 Å². The monoisotopic (exact) mass is 174 g/mol. The van der Waals surface area contributed by atoms with Gasteiger partial charge in [-0.2, -0.15) is 0 Å². The van der Waals surface area contributed by atoms with Gasteiger partial charge in [-0.15, -0.1) is 6.58 Å². The first-order valence-corrected chi connectivity index (χ1v) is 3.65. The zero-order valence-corrected chi connectivity index (χ0v) is 7.16. The lowest BCUT2D eigenvalue weighted by Gasteiger charge is -2.11. The van der Waals surface area contributed by atoms with Crippen LogP contribution in [0.15, 0.2) is 12.7 Å². The molecule has 4 heteroatoms. The number of carboxylic acid groups (broad SMARTS) is 1. The number of hydrogen-bond donors (Lipinski definition) is 1. The lowest BCUT2D eigenvalue weighted by Crippen LogP contribution is -2.13. The number of hydrogen-bond acceptors (Lipinski definition) is 3. The maximum atomic E-state index is 10.2. The Kier molecular flexibility index (Phi) is 6.32. The summed E-state index contributed by atoms with van der Waals surface area (Å²) in [6.45, 7) is 3.68. The van der Waals surface area contributed by atoms with Gasteiger partial charge < -0.3 is 14.6 Å². The third kappa shape index (κ3) is 5.88. The van der Waals surface area contributed by atoms with Crippen LogP contribution >= 0.6 is 0 Å². The maximum Gasteiger partial charge on any atom is 0.303 e. The summed E-state index contributed by atoms with van der Waals surface area (Å²) < 4.78 is 9.75. The third-order valence-electron chi connectivity index (χ3n) is 1.31. The van der Waals surface area contributed by atoms with Gasteiger partial charge >= 0.3 is 5.97 Å². The van der Waals surface area contributed by atoms with Crippen LogP contribution in [0.4, 0.5) is 0 Å². The lowest BCUT2D eigenvalue weighted by atomic mass is 10.2. The number of carboxylic acids is 1. The first kappa shape index (κ1) is 11.1. The van der Waals surface area contributed by atoms with E-state index >= 15 is 0 Å². The normalized spacial score (nSPS) is 12.4. The average Bonchev–Trinajstić information content (AvgIpc) is 2.05. The Bertz CT molecular complexity index is 144. The van der Waals surface area contributed by atoms with Crippen molar-refractivity contribution < 1.29 is 19.4 Å². The quantitative estimate of drug-likeness (QED) is 0.462. The van der Waals surface area contributed by atoms with E-state index in [4.69, 9.17) is 9.84 Å². The molecule has 0 aromatic carbocycles. The highest BCUT2D eigenvalue weighted by molar-refractivity contribution is 5.66. The van der Waals surface area contributed by atoms with E-state index in [0.29, 0.717) is 6.42 Å². The summed E-state index contributed by atoms with van der Waals surface area (Å²) in [6.07, 6.45) is 1.85. The molecule has 0 saturated carbocycles. The largest absolute Gasteiger partial charge is 0.481 e. The van der Waals surface area contributed by atoms with Gasteiger partial charge in [-0.05, 0) is 6.42 Å². The first-order valence-electron chi connectivity index (χ1n) is 3.65. The van der Waals surface area contributed by atoms with Gasteiger partial charge in [-0.3, -0.25) is 4.79 Å². The van der Waals surface area contributed by atoms with E-state index in [1.54, 1.807) is 6.08 Å². The summed E-state index contributed by atoms with van der Waals surface area (Å²) >= 11 is 0. The Labute approximate surface area is 71.8 Å². The summed E-state index contributed by atoms with van der Waals surface area (Å²) in [4.78, 5) is 10.2. The van der Waals surface area contributed by atoms with Crippen LogP contribution in [-0.2, 0) is 14.3 Å². The van der Waals surface area contributed by atoms with Gasteiger partial charge in [-0.25, -0.2) is 0 Å². The molecule has 0 aliphatic carbocycles. The molecule has 0 bridgehead atoms. The molecule has 0 aromatic heterocycles. The van der Waals surface area contributed by atoms with Gasteiger partial charge in [0.05, 0.1) is 6.10 Å². The minimum absolute atomic E-state index is 0.0837. The van der Waals surface area contributed by atoms with Crippen LogP contribution in [-0.4, -0.2) is 31.1 Å². The van der Waals surface area contributed by atoms with Crippen LogP contribution in [0, 0.1) is 0 Å². The van der Waals surface area contributed by atoms with E-state index in [9.17, 15) is 4.79 Å². The summed E-state index contributed by atoms with van der Waals surface area (Å²) in [5, 5.41) is 8.36. The van der Waals surface area contributed by atoms with Crippen LogP contribution in [0.5, 0.6) is 0 Å². The minimum Gasteiger partial charge on any atom is -0.481 e. The topological polar surface area (TPSA) is 55.8 Å². The molecule has 70 valence electrons. The zero-order chi connectivity index (χ0) is 9.40. The smallest absolute Gasteiger partial charge is 0.303 e. The summed E-state index contributed by atoms with van der Waals surface area (Å²) in [5.41, 5.74) is 0. The van der Waals surface area contributed by atoms with Crippen molar-refractivity contribution >= 4 is 5.97 Å². The van der Waals surface area contributed by atoms with Crippen molar-refractivity contribution in [3.63, 3.8) is 0 Å². The second-order valence-corrected chi connectivity index (χ2v) is 2.28. The highest BCUT2D eigenvalue weighted by Gasteiger charge is 2.06. The first-order chi connectivity index (χ1) is 5.70. The fourth-order valence-corrected chi connectivity index (χ4v) is 0.690. The van der Waals surface area contributed by atoms with Gasteiger partial charge in [0.2, 0.25) is 0 Å². The Morgan fingerprint density at radius 1 is 1.75 bits per heavy atom. The minimum atomic E-state index is -0.831. The summed E-state index contributed by atoms with van der Waals surface area (Å²) in [7, 11) is 1.51. The standard InChI is InChI=1S/C8H14O4/c1-3-7(12-6-11-2)4-5-8(9)10/h3,7H,1,4-6H2,2H3,(H,9,10)/t7-/m1/s1. The average molecular weight is 174 g/mol. The van der Waals surface area contributed by atoms with Crippen LogP contribution in [0.2, 0.25) is 0 Å². The Morgan fingerprint density at radius 3 is 2.83 bits per heavy atom. The molecule has 1 atom stereocenters. The number of rotatable bonds is 7. The second kappa shape index (κ2) is 6.82. The molecule has 0 aromatic rings. The van der Waals surface area contributed by atoms with Crippen molar-refractivity contribution in [1.82, 2.24) is 0 Å². The van der Waals surface area contributed by atoms with Gasteiger partial charge in [0.1, 0.15) is 6.79 Å².